The van der Waals surface area contributed by atoms with Gasteiger partial charge in [-0.3, -0.25) is 9.36 Å². The minimum absolute atomic E-state index is 0.0147. The summed E-state index contributed by atoms with van der Waals surface area (Å²) in [5, 5.41) is 9.31. The van der Waals surface area contributed by atoms with E-state index in [1.54, 1.807) is 0 Å². The van der Waals surface area contributed by atoms with Crippen LogP contribution in [0.25, 0.3) is 0 Å². The Hall–Kier alpha value is -1.62. The molecule has 0 saturated heterocycles. The fraction of sp³-hybridized carbons (Fsp3) is 0.625. The molecule has 0 aliphatic rings. The average Bonchev–Trinajstić information content (AvgIpc) is 2.97. The molecule has 2 aromatic heterocycles. The number of hydrogen-bond acceptors (Lipinski definition) is 3. The summed E-state index contributed by atoms with van der Waals surface area (Å²) in [6, 6.07) is 2.58. The molecular weight excluding hydrogens is 262 g/mol. The van der Waals surface area contributed by atoms with Crippen LogP contribution in [0.3, 0.4) is 0 Å². The topological polar surface area (TPSA) is 61.7 Å². The highest BCUT2D eigenvalue weighted by molar-refractivity contribution is 5.27. The molecule has 0 bridgehead atoms. The maximum Gasteiger partial charge on any atom is 0.0853 e. The van der Waals surface area contributed by atoms with E-state index in [2.05, 4.69) is 42.8 Å². The first-order valence-electron chi connectivity index (χ1n) is 7.81. The number of hydrogen-bond donors (Lipinski definition) is 1. The minimum atomic E-state index is 0.0147. The number of aromatic nitrogens is 4. The third-order valence-corrected chi connectivity index (χ3v) is 4.18. The zero-order valence-electron chi connectivity index (χ0n) is 13.8. The molecule has 21 heavy (non-hydrogen) atoms. The lowest BCUT2D eigenvalue weighted by atomic mass is 10.1. The third-order valence-electron chi connectivity index (χ3n) is 4.18. The van der Waals surface area contributed by atoms with Crippen LogP contribution in [0.15, 0.2) is 12.3 Å². The monoisotopic (exact) mass is 289 g/mol. The molecule has 0 aliphatic carbocycles. The van der Waals surface area contributed by atoms with E-state index in [0.29, 0.717) is 12.6 Å². The van der Waals surface area contributed by atoms with E-state index in [1.807, 2.05) is 18.5 Å². The molecule has 1 unspecified atom stereocenters. The summed E-state index contributed by atoms with van der Waals surface area (Å²) < 4.78 is 4.08. The van der Waals surface area contributed by atoms with Crippen molar-refractivity contribution >= 4 is 0 Å². The molecule has 0 spiro atoms. The Labute approximate surface area is 127 Å². The Morgan fingerprint density at radius 2 is 1.86 bits per heavy atom. The lowest BCUT2D eigenvalue weighted by Crippen LogP contribution is -2.11. The van der Waals surface area contributed by atoms with Crippen molar-refractivity contribution in [1.82, 2.24) is 19.6 Å². The van der Waals surface area contributed by atoms with Gasteiger partial charge >= 0.3 is 0 Å². The van der Waals surface area contributed by atoms with Gasteiger partial charge in [0.15, 0.2) is 0 Å². The molecule has 0 aliphatic heterocycles. The Kier molecular flexibility index (Phi) is 4.83. The van der Waals surface area contributed by atoms with Crippen LogP contribution in [-0.4, -0.2) is 19.6 Å². The van der Waals surface area contributed by atoms with Crippen LogP contribution in [0.5, 0.6) is 0 Å². The van der Waals surface area contributed by atoms with Crippen LogP contribution in [0, 0.1) is 13.8 Å². The normalized spacial score (nSPS) is 13.1. The van der Waals surface area contributed by atoms with Crippen molar-refractivity contribution in [2.24, 2.45) is 5.73 Å². The number of nitrogens with zero attached hydrogens (tertiary/aromatic N) is 4. The maximum atomic E-state index is 6.03. The van der Waals surface area contributed by atoms with E-state index in [1.165, 1.54) is 0 Å². The molecule has 2 rings (SSSR count). The van der Waals surface area contributed by atoms with Crippen molar-refractivity contribution < 1.29 is 0 Å². The standard InChI is InChI=1S/C16H27N5/c1-6-15(7-2)20-9-8-14(19-20)10-21-13(5)16(11(3)17)12(4)18-21/h8-9,11,15H,6-7,10,17H2,1-5H3. The van der Waals surface area contributed by atoms with Gasteiger partial charge in [-0.15, -0.1) is 0 Å². The molecule has 0 saturated carbocycles. The van der Waals surface area contributed by atoms with Gasteiger partial charge < -0.3 is 5.73 Å². The highest BCUT2D eigenvalue weighted by Crippen LogP contribution is 2.20. The van der Waals surface area contributed by atoms with Crippen molar-refractivity contribution in [1.29, 1.82) is 0 Å². The third kappa shape index (κ3) is 3.18. The molecule has 0 aromatic carbocycles. The SMILES string of the molecule is CCC(CC)n1ccc(Cn2nc(C)c(C(C)N)c2C)n1. The lowest BCUT2D eigenvalue weighted by Gasteiger charge is -2.12. The fourth-order valence-corrected chi connectivity index (χ4v) is 3.01. The Morgan fingerprint density at radius 3 is 2.38 bits per heavy atom. The van der Waals surface area contributed by atoms with E-state index in [4.69, 9.17) is 10.8 Å². The van der Waals surface area contributed by atoms with Gasteiger partial charge in [-0.1, -0.05) is 13.8 Å². The molecule has 5 nitrogen and oxygen atoms in total. The van der Waals surface area contributed by atoms with E-state index >= 15 is 0 Å². The Bertz CT molecular complexity index is 590. The van der Waals surface area contributed by atoms with Crippen LogP contribution in [0.2, 0.25) is 0 Å². The van der Waals surface area contributed by atoms with E-state index in [9.17, 15) is 0 Å². The fourth-order valence-electron chi connectivity index (χ4n) is 3.01. The second kappa shape index (κ2) is 6.43. The number of rotatable bonds is 6. The van der Waals surface area contributed by atoms with E-state index < -0.39 is 0 Å². The Morgan fingerprint density at radius 1 is 1.19 bits per heavy atom. The predicted octanol–water partition coefficient (Wildman–Crippen LogP) is 3.13. The van der Waals surface area contributed by atoms with Gasteiger partial charge in [0.1, 0.15) is 0 Å². The van der Waals surface area contributed by atoms with Crippen LogP contribution in [0.1, 0.15) is 68.3 Å². The zero-order chi connectivity index (χ0) is 15.6. The van der Waals surface area contributed by atoms with Gasteiger partial charge in [-0.25, -0.2) is 0 Å². The van der Waals surface area contributed by atoms with Crippen molar-refractivity contribution in [3.05, 3.63) is 34.9 Å². The molecule has 2 aromatic rings. The van der Waals surface area contributed by atoms with Crippen molar-refractivity contribution in [2.75, 3.05) is 0 Å². The van der Waals surface area contributed by atoms with Crippen LogP contribution in [0.4, 0.5) is 0 Å². The highest BCUT2D eigenvalue weighted by atomic mass is 15.3. The van der Waals surface area contributed by atoms with Gasteiger partial charge in [-0.05, 0) is 39.7 Å². The van der Waals surface area contributed by atoms with Crippen molar-refractivity contribution in [3.8, 4) is 0 Å². The van der Waals surface area contributed by atoms with Gasteiger partial charge in [0.05, 0.1) is 24.0 Å². The summed E-state index contributed by atoms with van der Waals surface area (Å²) in [6.07, 6.45) is 4.28. The lowest BCUT2D eigenvalue weighted by molar-refractivity contribution is 0.423. The van der Waals surface area contributed by atoms with Crippen LogP contribution < -0.4 is 5.73 Å². The van der Waals surface area contributed by atoms with E-state index in [-0.39, 0.29) is 6.04 Å². The highest BCUT2D eigenvalue weighted by Gasteiger charge is 2.16. The summed E-state index contributed by atoms with van der Waals surface area (Å²) in [7, 11) is 0. The quantitative estimate of drug-likeness (QED) is 0.888. The number of aryl methyl sites for hydroxylation is 1. The van der Waals surface area contributed by atoms with Crippen molar-refractivity contribution in [2.45, 2.75) is 66.1 Å². The maximum absolute atomic E-state index is 6.03. The summed E-state index contributed by atoms with van der Waals surface area (Å²) in [5.74, 6) is 0. The zero-order valence-corrected chi connectivity index (χ0v) is 13.8. The van der Waals surface area contributed by atoms with Crippen LogP contribution in [-0.2, 0) is 6.54 Å². The molecule has 0 fully saturated rings. The van der Waals surface area contributed by atoms with Gasteiger partial charge in [-0.2, -0.15) is 10.2 Å². The minimum Gasteiger partial charge on any atom is -0.324 e. The second-order valence-electron chi connectivity index (χ2n) is 5.79. The van der Waals surface area contributed by atoms with Crippen LogP contribution >= 0.6 is 0 Å². The first-order valence-corrected chi connectivity index (χ1v) is 7.81. The molecular formula is C16H27N5. The smallest absolute Gasteiger partial charge is 0.0853 e. The van der Waals surface area contributed by atoms with Gasteiger partial charge in [0.2, 0.25) is 0 Å². The molecule has 2 N–H and O–H groups in total. The molecule has 1 atom stereocenters. The first kappa shape index (κ1) is 15.8. The summed E-state index contributed by atoms with van der Waals surface area (Å²) in [4.78, 5) is 0. The molecule has 5 heteroatoms. The second-order valence-corrected chi connectivity index (χ2v) is 5.79. The molecule has 116 valence electrons. The largest absolute Gasteiger partial charge is 0.324 e. The molecule has 0 radical (unpaired) electrons. The number of nitrogens with two attached hydrogens (primary N) is 1. The molecule has 0 amide bonds. The van der Waals surface area contributed by atoms with Gasteiger partial charge in [0.25, 0.3) is 0 Å². The predicted molar refractivity (Wildman–Crippen MR) is 85.3 cm³/mol. The Balaban J connectivity index is 2.21. The summed E-state index contributed by atoms with van der Waals surface area (Å²) in [6.45, 7) is 11.2. The molecule has 2 heterocycles. The average molecular weight is 289 g/mol. The van der Waals surface area contributed by atoms with Crippen molar-refractivity contribution in [3.63, 3.8) is 0 Å². The van der Waals surface area contributed by atoms with Gasteiger partial charge in [0, 0.05) is 23.5 Å². The summed E-state index contributed by atoms with van der Waals surface area (Å²) >= 11 is 0. The first-order chi connectivity index (χ1) is 9.97. The summed E-state index contributed by atoms with van der Waals surface area (Å²) in [5.41, 5.74) is 10.4. The van der Waals surface area contributed by atoms with E-state index in [0.717, 1.165) is 35.5 Å².